The highest BCUT2D eigenvalue weighted by atomic mass is 79.9. The highest BCUT2D eigenvalue weighted by molar-refractivity contribution is 9.10. The van der Waals surface area contributed by atoms with Crippen LogP contribution in [0.3, 0.4) is 0 Å². The fourth-order valence-electron chi connectivity index (χ4n) is 2.26. The zero-order valence-electron chi connectivity index (χ0n) is 13.6. The second-order valence-corrected chi connectivity index (χ2v) is 7.18. The minimum atomic E-state index is 0.793. The Labute approximate surface area is 154 Å². The van der Waals surface area contributed by atoms with Crippen LogP contribution in [0, 0.1) is 0 Å². The van der Waals surface area contributed by atoms with Crippen LogP contribution in [0.4, 0.5) is 5.13 Å². The van der Waals surface area contributed by atoms with Crippen molar-refractivity contribution in [2.75, 3.05) is 5.43 Å². The van der Waals surface area contributed by atoms with Crippen LogP contribution in [-0.4, -0.2) is 10.7 Å². The summed E-state index contributed by atoms with van der Waals surface area (Å²) in [5, 5.41) is 7.27. The van der Waals surface area contributed by atoms with Crippen molar-refractivity contribution in [2.24, 2.45) is 5.10 Å². The van der Waals surface area contributed by atoms with Crippen LogP contribution in [0.25, 0.3) is 11.3 Å². The van der Waals surface area contributed by atoms with Gasteiger partial charge in [0.1, 0.15) is 0 Å². The quantitative estimate of drug-likeness (QED) is 0.423. The number of rotatable bonds is 5. The van der Waals surface area contributed by atoms with E-state index in [2.05, 4.69) is 62.6 Å². The summed E-state index contributed by atoms with van der Waals surface area (Å²) in [6.45, 7) is 4.14. The molecule has 3 aromatic rings. The zero-order valence-corrected chi connectivity index (χ0v) is 16.0. The monoisotopic (exact) mass is 399 g/mol. The number of hydrogen-bond donors (Lipinski definition) is 1. The molecule has 1 N–H and O–H groups in total. The van der Waals surface area contributed by atoms with Gasteiger partial charge in [0, 0.05) is 15.4 Å². The van der Waals surface area contributed by atoms with E-state index in [9.17, 15) is 0 Å². The van der Waals surface area contributed by atoms with Crippen LogP contribution in [0.1, 0.15) is 25.0 Å². The zero-order chi connectivity index (χ0) is 16.9. The van der Waals surface area contributed by atoms with Gasteiger partial charge in [0.15, 0.2) is 0 Å². The third kappa shape index (κ3) is 4.10. The standard InChI is InChI=1S/C19H18BrN3S/c1-3-14-4-6-16(7-5-14)18-12-24-19(21-18)23-22-13(2)15-8-10-17(20)11-9-15/h4-12H,3H2,1-2H3,(H,21,23)/b22-13-. The number of nitrogens with one attached hydrogen (secondary N) is 1. The number of hydrazone groups is 1. The van der Waals surface area contributed by atoms with Crippen LogP contribution in [0.15, 0.2) is 63.5 Å². The van der Waals surface area contributed by atoms with Crippen molar-refractivity contribution >= 4 is 38.1 Å². The van der Waals surface area contributed by atoms with Gasteiger partial charge in [-0.1, -0.05) is 59.3 Å². The maximum atomic E-state index is 4.61. The Balaban J connectivity index is 1.71. The molecular weight excluding hydrogens is 382 g/mol. The third-order valence-electron chi connectivity index (χ3n) is 3.74. The van der Waals surface area contributed by atoms with Gasteiger partial charge in [0.2, 0.25) is 5.13 Å². The summed E-state index contributed by atoms with van der Waals surface area (Å²) < 4.78 is 1.06. The molecule has 0 bridgehead atoms. The first-order valence-electron chi connectivity index (χ1n) is 7.77. The number of hydrogen-bond acceptors (Lipinski definition) is 4. The SMILES string of the molecule is CCc1ccc(-c2csc(N/N=C(/C)c3ccc(Br)cc3)n2)cc1. The lowest BCUT2D eigenvalue weighted by molar-refractivity contribution is 1.14. The van der Waals surface area contributed by atoms with Crippen molar-refractivity contribution in [3.05, 3.63) is 69.5 Å². The summed E-state index contributed by atoms with van der Waals surface area (Å²) in [7, 11) is 0. The second kappa shape index (κ2) is 7.73. The molecule has 0 saturated carbocycles. The van der Waals surface area contributed by atoms with Gasteiger partial charge in [-0.2, -0.15) is 5.10 Å². The van der Waals surface area contributed by atoms with Gasteiger partial charge < -0.3 is 0 Å². The van der Waals surface area contributed by atoms with Crippen molar-refractivity contribution < 1.29 is 0 Å². The van der Waals surface area contributed by atoms with Crippen LogP contribution < -0.4 is 5.43 Å². The molecule has 0 spiro atoms. The molecule has 1 heterocycles. The summed E-state index contributed by atoms with van der Waals surface area (Å²) in [4.78, 5) is 4.61. The molecule has 0 aliphatic heterocycles. The highest BCUT2D eigenvalue weighted by Crippen LogP contribution is 2.25. The van der Waals surface area contributed by atoms with E-state index in [1.165, 1.54) is 5.56 Å². The number of aryl methyl sites for hydroxylation is 1. The predicted octanol–water partition coefficient (Wildman–Crippen LogP) is 5.97. The van der Waals surface area contributed by atoms with Gasteiger partial charge in [-0.3, -0.25) is 5.43 Å². The first-order valence-corrected chi connectivity index (χ1v) is 9.44. The molecule has 0 aliphatic carbocycles. The van der Waals surface area contributed by atoms with Crippen LogP contribution in [-0.2, 0) is 6.42 Å². The molecule has 122 valence electrons. The largest absolute Gasteiger partial charge is 0.252 e. The van der Waals surface area contributed by atoms with Gasteiger partial charge >= 0.3 is 0 Å². The number of aromatic nitrogens is 1. The van der Waals surface area contributed by atoms with Crippen LogP contribution >= 0.6 is 27.3 Å². The fraction of sp³-hybridized carbons (Fsp3) is 0.158. The molecule has 2 aromatic carbocycles. The normalized spacial score (nSPS) is 11.5. The van der Waals surface area contributed by atoms with Gasteiger partial charge in [-0.15, -0.1) is 11.3 Å². The topological polar surface area (TPSA) is 37.3 Å². The van der Waals surface area contributed by atoms with Gasteiger partial charge in [0.25, 0.3) is 0 Å². The number of benzene rings is 2. The Hall–Kier alpha value is -1.98. The minimum Gasteiger partial charge on any atom is -0.252 e. The van der Waals surface area contributed by atoms with Crippen LogP contribution in [0.2, 0.25) is 0 Å². The van der Waals surface area contributed by atoms with Crippen molar-refractivity contribution in [3.8, 4) is 11.3 Å². The number of halogens is 1. The molecule has 5 heteroatoms. The average molecular weight is 400 g/mol. The molecule has 0 unspecified atom stereocenters. The first-order chi connectivity index (χ1) is 11.7. The lowest BCUT2D eigenvalue weighted by Gasteiger charge is -2.02. The van der Waals surface area contributed by atoms with E-state index >= 15 is 0 Å². The molecule has 0 saturated heterocycles. The highest BCUT2D eigenvalue weighted by Gasteiger charge is 2.04. The molecule has 3 rings (SSSR count). The van der Waals surface area contributed by atoms with Crippen molar-refractivity contribution in [1.29, 1.82) is 0 Å². The van der Waals surface area contributed by atoms with Gasteiger partial charge in [-0.05, 0) is 36.6 Å². The molecule has 0 fully saturated rings. The molecule has 1 aromatic heterocycles. The molecular formula is C19H18BrN3S. The molecule has 3 nitrogen and oxygen atoms in total. The Morgan fingerprint density at radius 2 is 1.83 bits per heavy atom. The number of thiazole rings is 1. The molecule has 0 atom stereocenters. The summed E-state index contributed by atoms with van der Waals surface area (Å²) >= 11 is 5.00. The minimum absolute atomic E-state index is 0.793. The van der Waals surface area contributed by atoms with Crippen molar-refractivity contribution in [3.63, 3.8) is 0 Å². The van der Waals surface area contributed by atoms with Gasteiger partial charge in [0.05, 0.1) is 11.4 Å². The summed E-state index contributed by atoms with van der Waals surface area (Å²) in [6, 6.07) is 16.6. The van der Waals surface area contributed by atoms with E-state index in [1.807, 2.05) is 36.6 Å². The Kier molecular flexibility index (Phi) is 5.43. The molecule has 24 heavy (non-hydrogen) atoms. The van der Waals surface area contributed by atoms with E-state index in [1.54, 1.807) is 11.3 Å². The molecule has 0 aliphatic rings. The predicted molar refractivity (Wildman–Crippen MR) is 107 cm³/mol. The number of anilines is 1. The van der Waals surface area contributed by atoms with E-state index < -0.39 is 0 Å². The smallest absolute Gasteiger partial charge is 0.203 e. The van der Waals surface area contributed by atoms with Crippen LogP contribution in [0.5, 0.6) is 0 Å². The second-order valence-electron chi connectivity index (χ2n) is 5.40. The van der Waals surface area contributed by atoms with Crippen molar-refractivity contribution in [1.82, 2.24) is 4.98 Å². The first kappa shape index (κ1) is 16.9. The molecule has 0 radical (unpaired) electrons. The lowest BCUT2D eigenvalue weighted by Crippen LogP contribution is -1.99. The lowest BCUT2D eigenvalue weighted by atomic mass is 10.1. The maximum absolute atomic E-state index is 4.61. The average Bonchev–Trinajstić information content (AvgIpc) is 3.09. The summed E-state index contributed by atoms with van der Waals surface area (Å²) in [6.07, 6.45) is 1.05. The van der Waals surface area contributed by atoms with E-state index in [4.69, 9.17) is 0 Å². The van der Waals surface area contributed by atoms with Gasteiger partial charge in [-0.25, -0.2) is 4.98 Å². The summed E-state index contributed by atoms with van der Waals surface area (Å²) in [5.74, 6) is 0. The summed E-state index contributed by atoms with van der Waals surface area (Å²) in [5.41, 5.74) is 8.50. The fourth-order valence-corrected chi connectivity index (χ4v) is 3.18. The van der Waals surface area contributed by atoms with E-state index in [0.29, 0.717) is 0 Å². The molecule has 0 amide bonds. The Bertz CT molecular complexity index is 836. The maximum Gasteiger partial charge on any atom is 0.203 e. The Morgan fingerprint density at radius 3 is 2.50 bits per heavy atom. The van der Waals surface area contributed by atoms with E-state index in [0.717, 1.165) is 38.6 Å². The van der Waals surface area contributed by atoms with E-state index in [-0.39, 0.29) is 0 Å². The number of nitrogens with zero attached hydrogens (tertiary/aromatic N) is 2. The van der Waals surface area contributed by atoms with Crippen molar-refractivity contribution in [2.45, 2.75) is 20.3 Å². The third-order valence-corrected chi connectivity index (χ3v) is 5.02. The Morgan fingerprint density at radius 1 is 1.12 bits per heavy atom.